The van der Waals surface area contributed by atoms with Crippen LogP contribution in [0, 0.1) is 5.82 Å². The normalized spacial score (nSPS) is 18.0. The van der Waals surface area contributed by atoms with E-state index in [1.54, 1.807) is 43.6 Å². The van der Waals surface area contributed by atoms with Gasteiger partial charge in [-0.15, -0.1) is 0 Å². The zero-order chi connectivity index (χ0) is 27.2. The van der Waals surface area contributed by atoms with Gasteiger partial charge in [-0.3, -0.25) is 4.79 Å². The lowest BCUT2D eigenvalue weighted by atomic mass is 9.85. The van der Waals surface area contributed by atoms with Gasteiger partial charge >= 0.3 is 6.09 Å². The number of hydrogen-bond donors (Lipinski definition) is 4. The second-order valence-corrected chi connectivity index (χ2v) is 9.64. The number of halogens is 2. The third-order valence-electron chi connectivity index (χ3n) is 6.75. The van der Waals surface area contributed by atoms with Crippen LogP contribution in [-0.4, -0.2) is 46.8 Å². The first-order valence-corrected chi connectivity index (χ1v) is 12.6. The number of rotatable bonds is 8. The van der Waals surface area contributed by atoms with E-state index in [4.69, 9.17) is 32.2 Å². The minimum atomic E-state index is -1.26. The molecule has 0 radical (unpaired) electrons. The Morgan fingerprint density at radius 2 is 1.97 bits per heavy atom. The molecule has 1 atom stereocenters. The van der Waals surface area contributed by atoms with Gasteiger partial charge in [0.15, 0.2) is 0 Å². The SMILES string of the molecule is COC1CCC(c2cnc(N)c(-c3ccc(C(=O)N[C@H](CNC(=O)O)c4cccc(Cl)c4)c(F)c3)n2)CC1. The molecule has 1 aromatic heterocycles. The molecule has 2 aromatic carbocycles. The fourth-order valence-electron chi connectivity index (χ4n) is 4.66. The molecule has 3 aromatic rings. The molecule has 1 aliphatic carbocycles. The average molecular weight is 542 g/mol. The predicted octanol–water partition coefficient (Wildman–Crippen LogP) is 4.93. The van der Waals surface area contributed by atoms with Gasteiger partial charge in [0.05, 0.1) is 29.6 Å². The van der Waals surface area contributed by atoms with Crippen molar-refractivity contribution < 1.29 is 23.8 Å². The number of carbonyl (C=O) groups excluding carboxylic acids is 1. The lowest BCUT2D eigenvalue weighted by Gasteiger charge is -2.27. The highest BCUT2D eigenvalue weighted by molar-refractivity contribution is 6.30. The summed E-state index contributed by atoms with van der Waals surface area (Å²) >= 11 is 6.06. The van der Waals surface area contributed by atoms with Crippen LogP contribution in [0.5, 0.6) is 0 Å². The Balaban J connectivity index is 1.54. The quantitative estimate of drug-likeness (QED) is 0.317. The number of aromatic nitrogens is 2. The molecule has 0 bridgehead atoms. The van der Waals surface area contributed by atoms with Crippen molar-refractivity contribution in [3.8, 4) is 11.3 Å². The maximum absolute atomic E-state index is 15.2. The number of benzene rings is 2. The molecule has 0 spiro atoms. The van der Waals surface area contributed by atoms with E-state index in [9.17, 15) is 9.59 Å². The molecule has 200 valence electrons. The highest BCUT2D eigenvalue weighted by Gasteiger charge is 2.25. The average Bonchev–Trinajstić information content (AvgIpc) is 2.91. The van der Waals surface area contributed by atoms with Crippen molar-refractivity contribution in [2.75, 3.05) is 19.4 Å². The molecule has 1 fully saturated rings. The van der Waals surface area contributed by atoms with E-state index in [1.165, 1.54) is 12.1 Å². The summed E-state index contributed by atoms with van der Waals surface area (Å²) in [7, 11) is 1.72. The molecule has 0 saturated heterocycles. The molecular formula is C27H29ClFN5O4. The number of amides is 2. The summed E-state index contributed by atoms with van der Waals surface area (Å²) in [4.78, 5) is 33.0. The molecule has 2 amide bonds. The lowest BCUT2D eigenvalue weighted by molar-refractivity contribution is 0.0655. The van der Waals surface area contributed by atoms with Crippen LogP contribution < -0.4 is 16.4 Å². The standard InChI is InChI=1S/C27H29ClFN5O4/c1-38-19-8-5-15(6-9-19)22-13-31-25(30)24(33-22)17-7-10-20(21(29)12-17)26(35)34-23(14-32-27(36)37)16-3-2-4-18(28)11-16/h2-4,7,10-13,15,19,23,32H,5-6,8-9,14H2,1H3,(H2,30,31)(H,34,35)(H,36,37)/t15?,19?,23-/m1/s1. The van der Waals surface area contributed by atoms with Crippen LogP contribution in [-0.2, 0) is 4.74 Å². The first-order chi connectivity index (χ1) is 18.2. The summed E-state index contributed by atoms with van der Waals surface area (Å²) in [6, 6.07) is 9.96. The summed E-state index contributed by atoms with van der Waals surface area (Å²) in [6.45, 7) is -0.133. The number of carbonyl (C=O) groups is 2. The van der Waals surface area contributed by atoms with Gasteiger partial charge in [-0.1, -0.05) is 29.8 Å². The zero-order valence-corrected chi connectivity index (χ0v) is 21.5. The fourth-order valence-corrected chi connectivity index (χ4v) is 4.86. The summed E-state index contributed by atoms with van der Waals surface area (Å²) in [5.74, 6) is -1.11. The van der Waals surface area contributed by atoms with E-state index in [1.807, 2.05) is 0 Å². The van der Waals surface area contributed by atoms with E-state index in [0.717, 1.165) is 31.4 Å². The number of nitrogen functional groups attached to an aromatic ring is 1. The van der Waals surface area contributed by atoms with Gasteiger partial charge in [-0.2, -0.15) is 0 Å². The summed E-state index contributed by atoms with van der Waals surface area (Å²) in [6.07, 6.45) is 4.34. The number of ether oxygens (including phenoxy) is 1. The second kappa shape index (κ2) is 12.2. The molecule has 11 heteroatoms. The maximum atomic E-state index is 15.2. The van der Waals surface area contributed by atoms with Crippen molar-refractivity contribution >= 4 is 29.4 Å². The summed E-state index contributed by atoms with van der Waals surface area (Å²) in [5, 5.41) is 14.3. The van der Waals surface area contributed by atoms with Crippen molar-refractivity contribution in [2.24, 2.45) is 0 Å². The fraction of sp³-hybridized carbons (Fsp3) is 0.333. The molecule has 1 saturated carbocycles. The molecule has 9 nitrogen and oxygen atoms in total. The van der Waals surface area contributed by atoms with E-state index < -0.39 is 23.9 Å². The van der Waals surface area contributed by atoms with Crippen molar-refractivity contribution in [1.29, 1.82) is 0 Å². The molecule has 4 rings (SSSR count). The van der Waals surface area contributed by atoms with E-state index in [0.29, 0.717) is 21.8 Å². The van der Waals surface area contributed by atoms with Gasteiger partial charge < -0.3 is 26.2 Å². The van der Waals surface area contributed by atoms with Crippen LogP contribution in [0.1, 0.15) is 59.3 Å². The summed E-state index contributed by atoms with van der Waals surface area (Å²) < 4.78 is 20.6. The highest BCUT2D eigenvalue weighted by atomic mass is 35.5. The number of anilines is 1. The van der Waals surface area contributed by atoms with Crippen LogP contribution in [0.2, 0.25) is 5.02 Å². The monoisotopic (exact) mass is 541 g/mol. The van der Waals surface area contributed by atoms with E-state index in [-0.39, 0.29) is 29.9 Å². The Bertz CT molecular complexity index is 1320. The van der Waals surface area contributed by atoms with Gasteiger partial charge in [0.25, 0.3) is 5.91 Å². The van der Waals surface area contributed by atoms with Crippen LogP contribution in [0.3, 0.4) is 0 Å². The lowest BCUT2D eigenvalue weighted by Crippen LogP contribution is -2.37. The van der Waals surface area contributed by atoms with Crippen molar-refractivity contribution in [2.45, 2.75) is 43.7 Å². The first kappa shape index (κ1) is 27.3. The minimum Gasteiger partial charge on any atom is -0.465 e. The van der Waals surface area contributed by atoms with Gasteiger partial charge in [0.2, 0.25) is 0 Å². The third-order valence-corrected chi connectivity index (χ3v) is 6.98. The molecule has 5 N–H and O–H groups in total. The summed E-state index contributed by atoms with van der Waals surface area (Å²) in [5.41, 5.74) is 7.98. The van der Waals surface area contributed by atoms with E-state index >= 15 is 4.39 Å². The van der Waals surface area contributed by atoms with Crippen LogP contribution >= 0.6 is 11.6 Å². The highest BCUT2D eigenvalue weighted by Crippen LogP contribution is 2.34. The molecule has 1 heterocycles. The minimum absolute atomic E-state index is 0.133. The van der Waals surface area contributed by atoms with Crippen molar-refractivity contribution in [3.05, 3.63) is 76.3 Å². The van der Waals surface area contributed by atoms with Crippen LogP contribution in [0.25, 0.3) is 11.3 Å². The number of carboxylic acid groups (broad SMARTS) is 1. The molecule has 38 heavy (non-hydrogen) atoms. The molecule has 0 aliphatic heterocycles. The molecule has 1 aliphatic rings. The predicted molar refractivity (Wildman–Crippen MR) is 142 cm³/mol. The zero-order valence-electron chi connectivity index (χ0n) is 20.8. The Kier molecular flexibility index (Phi) is 8.75. The van der Waals surface area contributed by atoms with Gasteiger partial charge in [0.1, 0.15) is 17.3 Å². The van der Waals surface area contributed by atoms with E-state index in [2.05, 4.69) is 15.6 Å². The molecule has 0 unspecified atom stereocenters. The molecular weight excluding hydrogens is 513 g/mol. The number of nitrogens with two attached hydrogens (primary N) is 1. The van der Waals surface area contributed by atoms with Crippen molar-refractivity contribution in [3.63, 3.8) is 0 Å². The smallest absolute Gasteiger partial charge is 0.404 e. The van der Waals surface area contributed by atoms with Crippen LogP contribution in [0.4, 0.5) is 15.0 Å². The van der Waals surface area contributed by atoms with Gasteiger partial charge in [-0.25, -0.2) is 19.2 Å². The topological polar surface area (TPSA) is 139 Å². The van der Waals surface area contributed by atoms with Gasteiger partial charge in [0, 0.05) is 30.2 Å². The number of hydrogen-bond acceptors (Lipinski definition) is 6. The first-order valence-electron chi connectivity index (χ1n) is 12.2. The van der Waals surface area contributed by atoms with Crippen LogP contribution in [0.15, 0.2) is 48.7 Å². The Morgan fingerprint density at radius 3 is 2.63 bits per heavy atom. The van der Waals surface area contributed by atoms with Crippen molar-refractivity contribution in [1.82, 2.24) is 20.6 Å². The Hall–Kier alpha value is -3.76. The van der Waals surface area contributed by atoms with Gasteiger partial charge in [-0.05, 0) is 55.5 Å². The number of methoxy groups -OCH3 is 1. The number of nitrogens with one attached hydrogen (secondary N) is 2. The Labute approximate surface area is 224 Å². The Morgan fingerprint density at radius 1 is 1.21 bits per heavy atom. The second-order valence-electron chi connectivity index (χ2n) is 9.20. The number of nitrogens with zero attached hydrogens (tertiary/aromatic N) is 2. The maximum Gasteiger partial charge on any atom is 0.404 e. The third kappa shape index (κ3) is 6.56. The largest absolute Gasteiger partial charge is 0.465 e.